The SMILES string of the molecule is CC1=CCC(C(=O)[O-])C(C)(C(=O)[O-])N1c1ccoc1. The van der Waals surface area contributed by atoms with Crippen LogP contribution in [0, 0.1) is 5.92 Å². The van der Waals surface area contributed by atoms with Crippen LogP contribution >= 0.6 is 0 Å². The van der Waals surface area contributed by atoms with Crippen molar-refractivity contribution >= 4 is 17.6 Å². The van der Waals surface area contributed by atoms with Gasteiger partial charge in [0, 0.05) is 23.7 Å². The predicted molar refractivity (Wildman–Crippen MR) is 61.5 cm³/mol. The van der Waals surface area contributed by atoms with Gasteiger partial charge in [-0.3, -0.25) is 0 Å². The van der Waals surface area contributed by atoms with Gasteiger partial charge in [0.05, 0.1) is 23.5 Å². The summed E-state index contributed by atoms with van der Waals surface area (Å²) < 4.78 is 4.94. The molecule has 0 aliphatic carbocycles. The molecular formula is C13H13NO5-2. The Morgan fingerprint density at radius 1 is 1.47 bits per heavy atom. The molecule has 0 N–H and O–H groups in total. The van der Waals surface area contributed by atoms with E-state index in [2.05, 4.69) is 0 Å². The Kier molecular flexibility index (Phi) is 3.09. The molecule has 19 heavy (non-hydrogen) atoms. The number of hydrogen-bond acceptors (Lipinski definition) is 6. The molecule has 2 unspecified atom stereocenters. The number of nitrogens with zero attached hydrogens (tertiary/aromatic N) is 1. The van der Waals surface area contributed by atoms with E-state index in [9.17, 15) is 19.8 Å². The molecule has 2 rings (SSSR count). The number of furan rings is 1. The van der Waals surface area contributed by atoms with E-state index >= 15 is 0 Å². The van der Waals surface area contributed by atoms with Crippen LogP contribution in [-0.2, 0) is 9.59 Å². The molecule has 0 bridgehead atoms. The largest absolute Gasteiger partial charge is 0.550 e. The molecule has 1 aliphatic rings. The van der Waals surface area contributed by atoms with Crippen molar-refractivity contribution < 1.29 is 24.2 Å². The number of carbonyl (C=O) groups is 2. The summed E-state index contributed by atoms with van der Waals surface area (Å²) in [4.78, 5) is 24.2. The summed E-state index contributed by atoms with van der Waals surface area (Å²) in [6.07, 6.45) is 4.50. The lowest BCUT2D eigenvalue weighted by atomic mass is 9.78. The van der Waals surface area contributed by atoms with Gasteiger partial charge in [0.25, 0.3) is 0 Å². The normalized spacial score (nSPS) is 26.9. The summed E-state index contributed by atoms with van der Waals surface area (Å²) in [7, 11) is 0. The Labute approximate surface area is 109 Å². The number of carboxylic acid groups (broad SMARTS) is 2. The minimum Gasteiger partial charge on any atom is -0.550 e. The fraction of sp³-hybridized carbons (Fsp3) is 0.385. The van der Waals surface area contributed by atoms with Crippen molar-refractivity contribution in [2.45, 2.75) is 25.8 Å². The zero-order valence-electron chi connectivity index (χ0n) is 10.6. The van der Waals surface area contributed by atoms with Gasteiger partial charge in [-0.2, -0.15) is 0 Å². The quantitative estimate of drug-likeness (QED) is 0.713. The van der Waals surface area contributed by atoms with Crippen LogP contribution in [0.25, 0.3) is 0 Å². The standard InChI is InChI=1S/C13H15NO5/c1-8-3-4-10(11(15)16)13(2,12(17)18)14(8)9-5-6-19-7-9/h3,5-7,10H,4H2,1-2H3,(H,15,16)(H,17,18)/p-2. The average molecular weight is 263 g/mol. The molecule has 0 amide bonds. The third-order valence-electron chi connectivity index (χ3n) is 3.61. The van der Waals surface area contributed by atoms with Crippen LogP contribution in [-0.4, -0.2) is 17.5 Å². The summed E-state index contributed by atoms with van der Waals surface area (Å²) in [6.45, 7) is 3.03. The highest BCUT2D eigenvalue weighted by Crippen LogP contribution is 2.39. The van der Waals surface area contributed by atoms with E-state index in [1.54, 1.807) is 19.1 Å². The molecule has 0 saturated heterocycles. The topological polar surface area (TPSA) is 96.6 Å². The first-order valence-corrected chi connectivity index (χ1v) is 5.80. The molecular weight excluding hydrogens is 250 g/mol. The molecule has 0 spiro atoms. The maximum atomic E-state index is 11.5. The lowest BCUT2D eigenvalue weighted by Crippen LogP contribution is -2.66. The summed E-state index contributed by atoms with van der Waals surface area (Å²) in [6, 6.07) is 1.57. The van der Waals surface area contributed by atoms with Gasteiger partial charge in [-0.05, 0) is 20.3 Å². The molecule has 6 nitrogen and oxygen atoms in total. The number of carboxylic acids is 2. The first-order chi connectivity index (χ1) is 8.89. The molecule has 0 radical (unpaired) electrons. The van der Waals surface area contributed by atoms with E-state index in [0.29, 0.717) is 11.4 Å². The van der Waals surface area contributed by atoms with Crippen molar-refractivity contribution in [2.75, 3.05) is 4.90 Å². The maximum Gasteiger partial charge on any atom is 0.114 e. The molecule has 1 aromatic rings. The van der Waals surface area contributed by atoms with Crippen molar-refractivity contribution in [1.29, 1.82) is 0 Å². The molecule has 2 heterocycles. The number of carbonyl (C=O) groups excluding carboxylic acids is 2. The first kappa shape index (κ1) is 13.2. The van der Waals surface area contributed by atoms with Gasteiger partial charge < -0.3 is 29.1 Å². The summed E-state index contributed by atoms with van der Waals surface area (Å²) >= 11 is 0. The van der Waals surface area contributed by atoms with Crippen molar-refractivity contribution in [2.24, 2.45) is 5.92 Å². The van der Waals surface area contributed by atoms with Gasteiger partial charge in [-0.15, -0.1) is 0 Å². The second kappa shape index (κ2) is 4.46. The highest BCUT2D eigenvalue weighted by Gasteiger charge is 2.45. The Balaban J connectivity index is 2.59. The van der Waals surface area contributed by atoms with Crippen LogP contribution in [0.15, 0.2) is 34.8 Å². The van der Waals surface area contributed by atoms with E-state index in [1.807, 2.05) is 0 Å². The van der Waals surface area contributed by atoms with Gasteiger partial charge in [0.15, 0.2) is 0 Å². The fourth-order valence-corrected chi connectivity index (χ4v) is 2.55. The van der Waals surface area contributed by atoms with Crippen molar-refractivity contribution in [3.8, 4) is 0 Å². The third kappa shape index (κ3) is 1.89. The highest BCUT2D eigenvalue weighted by molar-refractivity contribution is 5.90. The van der Waals surface area contributed by atoms with Crippen LogP contribution in [0.3, 0.4) is 0 Å². The lowest BCUT2D eigenvalue weighted by molar-refractivity contribution is -0.327. The smallest absolute Gasteiger partial charge is 0.114 e. The minimum absolute atomic E-state index is 0.0903. The van der Waals surface area contributed by atoms with E-state index in [1.165, 1.54) is 24.3 Å². The number of hydrogen-bond donors (Lipinski definition) is 0. The molecule has 0 aromatic carbocycles. The highest BCUT2D eigenvalue weighted by atomic mass is 16.4. The second-order valence-corrected chi connectivity index (χ2v) is 4.70. The third-order valence-corrected chi connectivity index (χ3v) is 3.61. The molecule has 1 aliphatic heterocycles. The summed E-state index contributed by atoms with van der Waals surface area (Å²) in [5, 5.41) is 22.8. The number of aliphatic carboxylic acids is 2. The van der Waals surface area contributed by atoms with E-state index < -0.39 is 23.4 Å². The maximum absolute atomic E-state index is 11.5. The number of rotatable bonds is 3. The van der Waals surface area contributed by atoms with Crippen LogP contribution < -0.4 is 15.1 Å². The minimum atomic E-state index is -1.72. The van der Waals surface area contributed by atoms with E-state index in [0.717, 1.165) is 0 Å². The van der Waals surface area contributed by atoms with Crippen LogP contribution in [0.1, 0.15) is 20.3 Å². The average Bonchev–Trinajstić information content (AvgIpc) is 2.81. The number of anilines is 1. The Morgan fingerprint density at radius 3 is 2.63 bits per heavy atom. The molecule has 2 atom stereocenters. The molecule has 0 saturated carbocycles. The van der Waals surface area contributed by atoms with Crippen molar-refractivity contribution in [3.05, 3.63) is 30.4 Å². The summed E-state index contributed by atoms with van der Waals surface area (Å²) in [5.74, 6) is -4.07. The number of allylic oxidation sites excluding steroid dienone is 2. The first-order valence-electron chi connectivity index (χ1n) is 5.80. The van der Waals surface area contributed by atoms with Gasteiger partial charge in [0.1, 0.15) is 6.26 Å². The van der Waals surface area contributed by atoms with E-state index in [-0.39, 0.29) is 6.42 Å². The van der Waals surface area contributed by atoms with E-state index in [4.69, 9.17) is 4.42 Å². The monoisotopic (exact) mass is 263 g/mol. The zero-order chi connectivity index (χ0) is 14.2. The van der Waals surface area contributed by atoms with Gasteiger partial charge in [0.2, 0.25) is 0 Å². The van der Waals surface area contributed by atoms with Crippen LogP contribution in [0.5, 0.6) is 0 Å². The van der Waals surface area contributed by atoms with Crippen molar-refractivity contribution in [1.82, 2.24) is 0 Å². The second-order valence-electron chi connectivity index (χ2n) is 4.70. The molecule has 1 aromatic heterocycles. The molecule has 102 valence electrons. The Bertz CT molecular complexity index is 533. The summed E-state index contributed by atoms with van der Waals surface area (Å²) in [5.41, 5.74) is -0.626. The molecule has 0 fully saturated rings. The van der Waals surface area contributed by atoms with Crippen LogP contribution in [0.2, 0.25) is 0 Å². The van der Waals surface area contributed by atoms with Gasteiger partial charge in [-0.25, -0.2) is 0 Å². The Hall–Kier alpha value is -2.24. The predicted octanol–water partition coefficient (Wildman–Crippen LogP) is -0.732. The molecule has 6 heteroatoms. The zero-order valence-corrected chi connectivity index (χ0v) is 10.6. The lowest BCUT2D eigenvalue weighted by Gasteiger charge is -2.51. The van der Waals surface area contributed by atoms with Crippen molar-refractivity contribution in [3.63, 3.8) is 0 Å². The van der Waals surface area contributed by atoms with Gasteiger partial charge in [-0.1, -0.05) is 6.08 Å². The van der Waals surface area contributed by atoms with Crippen LogP contribution in [0.4, 0.5) is 5.69 Å². The van der Waals surface area contributed by atoms with Gasteiger partial charge >= 0.3 is 0 Å². The Morgan fingerprint density at radius 2 is 2.16 bits per heavy atom. The fourth-order valence-electron chi connectivity index (χ4n) is 2.55.